The summed E-state index contributed by atoms with van der Waals surface area (Å²) in [6.45, 7) is 1.58. The zero-order chi connectivity index (χ0) is 19.6. The minimum Gasteiger partial charge on any atom is -0.508 e. The van der Waals surface area contributed by atoms with Crippen molar-refractivity contribution in [2.45, 2.75) is 13.0 Å². The molecule has 1 saturated heterocycles. The first-order valence-electron chi connectivity index (χ1n) is 7.97. The molecule has 27 heavy (non-hydrogen) atoms. The first-order chi connectivity index (χ1) is 12.8. The monoisotopic (exact) mass is 402 g/mol. The van der Waals surface area contributed by atoms with E-state index in [1.165, 1.54) is 41.3 Å². The fourth-order valence-electron chi connectivity index (χ4n) is 2.43. The number of phenols is 1. The second-order valence-electron chi connectivity index (χ2n) is 5.82. The molecule has 2 N–H and O–H groups in total. The number of halogens is 1. The first kappa shape index (κ1) is 19.1. The molecule has 1 aliphatic rings. The van der Waals surface area contributed by atoms with Crippen LogP contribution in [-0.4, -0.2) is 32.2 Å². The van der Waals surface area contributed by atoms with Crippen LogP contribution in [0.15, 0.2) is 53.4 Å². The van der Waals surface area contributed by atoms with Gasteiger partial charge in [0.15, 0.2) is 0 Å². The number of aromatic hydroxyl groups is 1. The number of carbonyl (C=O) groups excluding carboxylic acids is 2. The predicted molar refractivity (Wildman–Crippen MR) is 108 cm³/mol. The van der Waals surface area contributed by atoms with Crippen LogP contribution in [0.2, 0.25) is 0 Å². The van der Waals surface area contributed by atoms with E-state index in [1.807, 2.05) is 0 Å². The van der Waals surface area contributed by atoms with Gasteiger partial charge in [-0.05, 0) is 55.0 Å². The quantitative estimate of drug-likeness (QED) is 0.602. The van der Waals surface area contributed by atoms with Gasteiger partial charge < -0.3 is 10.4 Å². The predicted octanol–water partition coefficient (Wildman–Crippen LogP) is 3.76. The topological polar surface area (TPSA) is 69.6 Å². The molecule has 2 aromatic rings. The zero-order valence-corrected chi connectivity index (χ0v) is 15.8. The number of thioether (sulfide) groups is 1. The molecule has 0 aliphatic carbocycles. The minimum atomic E-state index is -0.826. The van der Waals surface area contributed by atoms with E-state index < -0.39 is 17.8 Å². The number of anilines is 1. The zero-order valence-electron chi connectivity index (χ0n) is 14.2. The molecular weight excluding hydrogens is 387 g/mol. The molecule has 0 radical (unpaired) electrons. The van der Waals surface area contributed by atoms with Crippen molar-refractivity contribution in [3.05, 3.63) is 64.8 Å². The van der Waals surface area contributed by atoms with Crippen LogP contribution >= 0.6 is 24.0 Å². The molecular formula is C19H15FN2O3S2. The Morgan fingerprint density at radius 3 is 2.48 bits per heavy atom. The van der Waals surface area contributed by atoms with Crippen LogP contribution in [-0.2, 0) is 9.59 Å². The van der Waals surface area contributed by atoms with E-state index in [9.17, 15) is 19.1 Å². The average molecular weight is 402 g/mol. The van der Waals surface area contributed by atoms with E-state index in [4.69, 9.17) is 12.2 Å². The van der Waals surface area contributed by atoms with Crippen LogP contribution in [0.4, 0.5) is 10.1 Å². The van der Waals surface area contributed by atoms with E-state index in [1.54, 1.807) is 25.1 Å². The van der Waals surface area contributed by atoms with Gasteiger partial charge in [0.1, 0.15) is 21.9 Å². The molecule has 8 heteroatoms. The summed E-state index contributed by atoms with van der Waals surface area (Å²) < 4.78 is 13.3. The van der Waals surface area contributed by atoms with Crippen LogP contribution in [0, 0.1) is 5.82 Å². The Morgan fingerprint density at radius 1 is 1.22 bits per heavy atom. The second-order valence-corrected chi connectivity index (χ2v) is 7.49. The van der Waals surface area contributed by atoms with Gasteiger partial charge in [-0.2, -0.15) is 0 Å². The Labute approximate surface area is 164 Å². The molecule has 5 nitrogen and oxygen atoms in total. The maximum absolute atomic E-state index is 13.0. The van der Waals surface area contributed by atoms with Crippen molar-refractivity contribution in [1.82, 2.24) is 4.90 Å². The maximum Gasteiger partial charge on any atom is 0.266 e. The highest BCUT2D eigenvalue weighted by molar-refractivity contribution is 8.26. The molecule has 3 rings (SSSR count). The van der Waals surface area contributed by atoms with Gasteiger partial charge in [-0.15, -0.1) is 0 Å². The summed E-state index contributed by atoms with van der Waals surface area (Å²) in [6, 6.07) is 10.9. The standard InChI is InChI=1S/C19H15FN2O3S2/c1-11(17(24)21-14-6-4-13(20)5-7-14)22-18(25)16(27-19(22)26)10-12-2-8-15(23)9-3-12/h2-11,23H,1H3,(H,21,24)/b16-10-. The molecule has 0 aromatic heterocycles. The van der Waals surface area contributed by atoms with Crippen LogP contribution in [0.5, 0.6) is 5.75 Å². The van der Waals surface area contributed by atoms with E-state index in [2.05, 4.69) is 5.32 Å². The minimum absolute atomic E-state index is 0.130. The summed E-state index contributed by atoms with van der Waals surface area (Å²) in [6.07, 6.45) is 1.66. The molecule has 0 bridgehead atoms. The lowest BCUT2D eigenvalue weighted by atomic mass is 10.2. The highest BCUT2D eigenvalue weighted by atomic mass is 32.2. The second kappa shape index (κ2) is 7.89. The third kappa shape index (κ3) is 4.35. The molecule has 1 heterocycles. The van der Waals surface area contributed by atoms with E-state index in [-0.39, 0.29) is 16.0 Å². The van der Waals surface area contributed by atoms with Crippen LogP contribution in [0.1, 0.15) is 12.5 Å². The van der Waals surface area contributed by atoms with Crippen molar-refractivity contribution < 1.29 is 19.1 Å². The number of thiocarbonyl (C=S) groups is 1. The highest BCUT2D eigenvalue weighted by Crippen LogP contribution is 2.34. The van der Waals surface area contributed by atoms with Gasteiger partial charge in [0.2, 0.25) is 5.91 Å². The van der Waals surface area contributed by atoms with Crippen molar-refractivity contribution in [1.29, 1.82) is 0 Å². The summed E-state index contributed by atoms with van der Waals surface area (Å²) in [4.78, 5) is 26.8. The van der Waals surface area contributed by atoms with E-state index >= 15 is 0 Å². The lowest BCUT2D eigenvalue weighted by molar-refractivity contribution is -0.129. The first-order valence-corrected chi connectivity index (χ1v) is 9.20. The van der Waals surface area contributed by atoms with Crippen molar-refractivity contribution in [3.63, 3.8) is 0 Å². The molecule has 138 valence electrons. The van der Waals surface area contributed by atoms with Gasteiger partial charge in [0.05, 0.1) is 4.91 Å². The van der Waals surface area contributed by atoms with Gasteiger partial charge in [0, 0.05) is 5.69 Å². The number of nitrogens with zero attached hydrogens (tertiary/aromatic N) is 1. The lowest BCUT2D eigenvalue weighted by Crippen LogP contribution is -2.44. The van der Waals surface area contributed by atoms with E-state index in [0.29, 0.717) is 10.6 Å². The SMILES string of the molecule is CC(C(=O)Nc1ccc(F)cc1)N1C(=O)/C(=C/c2ccc(O)cc2)SC1=S. The highest BCUT2D eigenvalue weighted by Gasteiger charge is 2.38. The summed E-state index contributed by atoms with van der Waals surface area (Å²) in [5.74, 6) is -1.06. The van der Waals surface area contributed by atoms with Crippen LogP contribution in [0.3, 0.4) is 0 Å². The molecule has 1 atom stereocenters. The molecule has 1 unspecified atom stereocenters. The van der Waals surface area contributed by atoms with Gasteiger partial charge >= 0.3 is 0 Å². The number of rotatable bonds is 4. The molecule has 2 amide bonds. The average Bonchev–Trinajstić information content (AvgIpc) is 2.91. The molecule has 2 aromatic carbocycles. The largest absolute Gasteiger partial charge is 0.508 e. The van der Waals surface area contributed by atoms with Gasteiger partial charge in [-0.1, -0.05) is 36.1 Å². The Morgan fingerprint density at radius 2 is 1.85 bits per heavy atom. The Hall–Kier alpha value is -2.71. The third-order valence-electron chi connectivity index (χ3n) is 3.89. The van der Waals surface area contributed by atoms with Crippen molar-refractivity contribution in [3.8, 4) is 5.75 Å². The number of benzene rings is 2. The molecule has 0 spiro atoms. The van der Waals surface area contributed by atoms with E-state index in [0.717, 1.165) is 17.3 Å². The lowest BCUT2D eigenvalue weighted by Gasteiger charge is -2.22. The van der Waals surface area contributed by atoms with Crippen molar-refractivity contribution >= 4 is 51.9 Å². The van der Waals surface area contributed by atoms with Crippen LogP contribution < -0.4 is 5.32 Å². The van der Waals surface area contributed by atoms with Gasteiger partial charge in [0.25, 0.3) is 5.91 Å². The smallest absolute Gasteiger partial charge is 0.266 e. The number of nitrogens with one attached hydrogen (secondary N) is 1. The Kier molecular flexibility index (Phi) is 5.57. The number of phenolic OH excluding ortho intramolecular Hbond substituents is 1. The number of hydrogen-bond acceptors (Lipinski definition) is 5. The van der Waals surface area contributed by atoms with Gasteiger partial charge in [-0.3, -0.25) is 14.5 Å². The fraction of sp³-hybridized carbons (Fsp3) is 0.105. The number of hydrogen-bond donors (Lipinski definition) is 2. The third-order valence-corrected chi connectivity index (χ3v) is 5.22. The number of amides is 2. The summed E-state index contributed by atoms with van der Waals surface area (Å²) in [5, 5.41) is 12.0. The summed E-state index contributed by atoms with van der Waals surface area (Å²) in [5.41, 5.74) is 1.16. The van der Waals surface area contributed by atoms with Crippen molar-refractivity contribution in [2.75, 3.05) is 5.32 Å². The maximum atomic E-state index is 13.0. The van der Waals surface area contributed by atoms with Gasteiger partial charge in [-0.25, -0.2) is 4.39 Å². The van der Waals surface area contributed by atoms with Crippen LogP contribution in [0.25, 0.3) is 6.08 Å². The van der Waals surface area contributed by atoms with Crippen molar-refractivity contribution in [2.24, 2.45) is 0 Å². The molecule has 1 aliphatic heterocycles. The summed E-state index contributed by atoms with van der Waals surface area (Å²) >= 11 is 6.38. The Balaban J connectivity index is 1.74. The summed E-state index contributed by atoms with van der Waals surface area (Å²) in [7, 11) is 0. The molecule has 1 fully saturated rings. The normalized spacial score (nSPS) is 16.7. The molecule has 0 saturated carbocycles. The fourth-order valence-corrected chi connectivity index (χ4v) is 3.85. The number of carbonyl (C=O) groups is 2. The Bertz CT molecular complexity index is 927.